The number of benzene rings is 2. The zero-order valence-corrected chi connectivity index (χ0v) is 15.1. The molecule has 0 spiro atoms. The van der Waals surface area contributed by atoms with Gasteiger partial charge in [-0.1, -0.05) is 17.7 Å². The normalized spacial score (nSPS) is 11.0. The topological polar surface area (TPSA) is 132 Å². The molecule has 3 rings (SSSR count). The van der Waals surface area contributed by atoms with Crippen LogP contribution in [0.3, 0.4) is 0 Å². The molecule has 0 amide bonds. The summed E-state index contributed by atoms with van der Waals surface area (Å²) in [6, 6.07) is 12.2. The lowest BCUT2D eigenvalue weighted by atomic mass is 10.1. The van der Waals surface area contributed by atoms with Crippen molar-refractivity contribution in [3.8, 4) is 17.1 Å². The maximum atomic E-state index is 10.8. The molecular weight excluding hydrogens is 392 g/mol. The molecule has 2 aromatic carbocycles. The van der Waals surface area contributed by atoms with Crippen molar-refractivity contribution in [1.82, 2.24) is 9.78 Å². The zero-order chi connectivity index (χ0) is 19.6. The quantitative estimate of drug-likeness (QED) is 0.289. The Hall–Kier alpha value is -3.37. The molecule has 3 N–H and O–H groups in total. The van der Waals surface area contributed by atoms with E-state index in [0.29, 0.717) is 16.3 Å². The van der Waals surface area contributed by atoms with Crippen LogP contribution < -0.4 is 5.73 Å². The van der Waals surface area contributed by atoms with E-state index in [4.69, 9.17) is 29.6 Å². The Labute approximate surface area is 162 Å². The largest absolute Gasteiger partial charge is 0.492 e. The molecule has 0 radical (unpaired) electrons. The average molecular weight is 403 g/mol. The van der Waals surface area contributed by atoms with Crippen molar-refractivity contribution < 1.29 is 10.0 Å². The number of halogens is 1. The summed E-state index contributed by atoms with van der Waals surface area (Å²) in [5.41, 5.74) is 6.62. The van der Waals surface area contributed by atoms with Gasteiger partial charge in [0.1, 0.15) is 5.69 Å². The van der Waals surface area contributed by atoms with Gasteiger partial charge in [-0.15, -0.1) is 5.11 Å². The van der Waals surface area contributed by atoms with Crippen LogP contribution in [0.1, 0.15) is 0 Å². The van der Waals surface area contributed by atoms with Crippen molar-refractivity contribution in [3.63, 3.8) is 0 Å². The van der Waals surface area contributed by atoms with E-state index < -0.39 is 10.8 Å². The lowest BCUT2D eigenvalue weighted by Gasteiger charge is -1.98. The molecule has 9 nitrogen and oxygen atoms in total. The van der Waals surface area contributed by atoms with Gasteiger partial charge in [-0.3, -0.25) is 10.1 Å². The highest BCUT2D eigenvalue weighted by molar-refractivity contribution is 7.80. The number of thiocarbonyl (C=S) groups is 1. The molecular formula is C16H11ClN6O3S. The fourth-order valence-electron chi connectivity index (χ4n) is 2.23. The molecule has 0 atom stereocenters. The summed E-state index contributed by atoms with van der Waals surface area (Å²) in [5.74, 6) is -0.401. The maximum absolute atomic E-state index is 10.8. The minimum atomic E-state index is -0.519. The Bertz CT molecular complexity index is 1060. The van der Waals surface area contributed by atoms with E-state index in [1.165, 1.54) is 24.3 Å². The number of nitrogens with zero attached hydrogens (tertiary/aromatic N) is 5. The molecule has 1 aromatic heterocycles. The van der Waals surface area contributed by atoms with Crippen LogP contribution in [0.4, 0.5) is 17.1 Å². The Morgan fingerprint density at radius 3 is 2.56 bits per heavy atom. The summed E-state index contributed by atoms with van der Waals surface area (Å²) in [4.78, 5) is 10.3. The minimum absolute atomic E-state index is 0.0108. The van der Waals surface area contributed by atoms with Gasteiger partial charge in [0.15, 0.2) is 10.8 Å². The van der Waals surface area contributed by atoms with Crippen molar-refractivity contribution in [3.05, 3.63) is 63.7 Å². The van der Waals surface area contributed by atoms with Crippen molar-refractivity contribution >= 4 is 46.0 Å². The highest BCUT2D eigenvalue weighted by Gasteiger charge is 2.21. The molecule has 0 saturated heterocycles. The van der Waals surface area contributed by atoms with Gasteiger partial charge in [-0.2, -0.15) is 14.9 Å². The van der Waals surface area contributed by atoms with Gasteiger partial charge in [0.05, 0.1) is 10.6 Å². The van der Waals surface area contributed by atoms with Crippen LogP contribution in [0.15, 0.2) is 58.8 Å². The highest BCUT2D eigenvalue weighted by atomic mass is 35.5. The van der Waals surface area contributed by atoms with Crippen molar-refractivity contribution in [2.45, 2.75) is 0 Å². The standard InChI is InChI=1S/C16H11ClN6O3S/c17-10-2-1-3-11(8-10)19-20-14-13(21-22(15(14)24)16(18)27)9-4-6-12(7-5-9)23(25)26/h1-8,24H,(H2,18,27). The smallest absolute Gasteiger partial charge is 0.269 e. The molecule has 3 aromatic rings. The molecule has 0 aliphatic rings. The molecule has 27 heavy (non-hydrogen) atoms. The summed E-state index contributed by atoms with van der Waals surface area (Å²) >= 11 is 10.8. The van der Waals surface area contributed by atoms with Gasteiger partial charge < -0.3 is 10.8 Å². The monoisotopic (exact) mass is 402 g/mol. The number of nitrogens with two attached hydrogens (primary N) is 1. The van der Waals surface area contributed by atoms with Gasteiger partial charge >= 0.3 is 0 Å². The first kappa shape index (κ1) is 18.4. The maximum Gasteiger partial charge on any atom is 0.269 e. The van der Waals surface area contributed by atoms with Gasteiger partial charge in [0, 0.05) is 22.7 Å². The van der Waals surface area contributed by atoms with Gasteiger partial charge in [-0.25, -0.2) is 0 Å². The van der Waals surface area contributed by atoms with Crippen LogP contribution in [0.2, 0.25) is 5.02 Å². The number of aromatic hydroxyl groups is 1. The second kappa shape index (κ2) is 7.48. The summed E-state index contributed by atoms with van der Waals surface area (Å²) in [6.07, 6.45) is 0. The summed E-state index contributed by atoms with van der Waals surface area (Å²) in [6.45, 7) is 0. The number of nitro groups is 1. The van der Waals surface area contributed by atoms with Crippen LogP contribution in [0.5, 0.6) is 5.88 Å². The number of hydrogen-bond donors (Lipinski definition) is 2. The number of azo groups is 1. The Balaban J connectivity index is 2.09. The molecule has 136 valence electrons. The third-order valence-electron chi connectivity index (χ3n) is 3.47. The summed E-state index contributed by atoms with van der Waals surface area (Å²) in [5, 5.41) is 33.7. The molecule has 0 saturated carbocycles. The first-order valence-corrected chi connectivity index (χ1v) is 8.19. The third kappa shape index (κ3) is 3.91. The number of hydrogen-bond acceptors (Lipinski definition) is 7. The molecule has 0 unspecified atom stereocenters. The number of nitro benzene ring substituents is 1. The molecule has 11 heteroatoms. The van der Waals surface area contributed by atoms with Crippen molar-refractivity contribution in [2.75, 3.05) is 0 Å². The van der Waals surface area contributed by atoms with Crippen LogP contribution in [0, 0.1) is 10.1 Å². The van der Waals surface area contributed by atoms with Crippen molar-refractivity contribution in [2.24, 2.45) is 16.0 Å². The first-order valence-electron chi connectivity index (χ1n) is 7.40. The third-order valence-corrected chi connectivity index (χ3v) is 3.88. The van der Waals surface area contributed by atoms with E-state index in [1.807, 2.05) is 0 Å². The van der Waals surface area contributed by atoms with Crippen LogP contribution in [0.25, 0.3) is 11.3 Å². The summed E-state index contributed by atoms with van der Waals surface area (Å²) in [7, 11) is 0. The second-order valence-electron chi connectivity index (χ2n) is 5.25. The molecule has 1 heterocycles. The molecule has 0 bridgehead atoms. The van der Waals surface area contributed by atoms with E-state index >= 15 is 0 Å². The van der Waals surface area contributed by atoms with Crippen molar-refractivity contribution in [1.29, 1.82) is 0 Å². The molecule has 0 aliphatic carbocycles. The van der Waals surface area contributed by atoms with E-state index in [2.05, 4.69) is 15.3 Å². The summed E-state index contributed by atoms with van der Waals surface area (Å²) < 4.78 is 0.929. The van der Waals surface area contributed by atoms with Gasteiger partial charge in [-0.05, 0) is 42.5 Å². The fraction of sp³-hybridized carbons (Fsp3) is 0. The van der Waals surface area contributed by atoms with Crippen LogP contribution in [-0.4, -0.2) is 24.9 Å². The Morgan fingerprint density at radius 1 is 1.26 bits per heavy atom. The lowest BCUT2D eigenvalue weighted by Crippen LogP contribution is -2.19. The first-order chi connectivity index (χ1) is 12.9. The average Bonchev–Trinajstić information content (AvgIpc) is 2.97. The predicted molar refractivity (Wildman–Crippen MR) is 104 cm³/mol. The minimum Gasteiger partial charge on any atom is -0.492 e. The predicted octanol–water partition coefficient (Wildman–Crippen LogP) is 4.32. The van der Waals surface area contributed by atoms with E-state index in [0.717, 1.165) is 4.68 Å². The number of rotatable bonds is 4. The number of aromatic nitrogens is 2. The van der Waals surface area contributed by atoms with E-state index in [-0.39, 0.29) is 22.2 Å². The Kier molecular flexibility index (Phi) is 5.10. The van der Waals surface area contributed by atoms with Crippen LogP contribution >= 0.6 is 23.8 Å². The highest BCUT2D eigenvalue weighted by Crippen LogP contribution is 2.38. The van der Waals surface area contributed by atoms with Crippen LogP contribution in [-0.2, 0) is 0 Å². The van der Waals surface area contributed by atoms with Gasteiger partial charge in [0.2, 0.25) is 5.88 Å². The number of non-ortho nitro benzene ring substituents is 1. The Morgan fingerprint density at radius 2 is 1.96 bits per heavy atom. The SMILES string of the molecule is NC(=S)n1nc(-c2ccc([N+](=O)[O-])cc2)c(N=Nc2cccc(Cl)c2)c1O. The molecule has 0 aliphatic heterocycles. The molecule has 0 fully saturated rings. The fourth-order valence-corrected chi connectivity index (χ4v) is 2.54. The van der Waals surface area contributed by atoms with E-state index in [1.54, 1.807) is 24.3 Å². The van der Waals surface area contributed by atoms with Gasteiger partial charge in [0.25, 0.3) is 5.69 Å². The lowest BCUT2D eigenvalue weighted by molar-refractivity contribution is -0.384. The van der Waals surface area contributed by atoms with E-state index in [9.17, 15) is 15.2 Å². The second-order valence-corrected chi connectivity index (χ2v) is 6.11. The zero-order valence-electron chi connectivity index (χ0n) is 13.5.